The summed E-state index contributed by atoms with van der Waals surface area (Å²) in [7, 11) is 0. The lowest BCUT2D eigenvalue weighted by atomic mass is 9.94. The van der Waals surface area contributed by atoms with Gasteiger partial charge < -0.3 is 10.2 Å². The summed E-state index contributed by atoms with van der Waals surface area (Å²) in [6, 6.07) is 7.48. The number of hydrogen-bond acceptors (Lipinski definition) is 3. The highest BCUT2D eigenvalue weighted by Gasteiger charge is 2.31. The van der Waals surface area contributed by atoms with E-state index in [-0.39, 0.29) is 18.0 Å². The zero-order valence-corrected chi connectivity index (χ0v) is 15.3. The molecule has 1 aliphatic carbocycles. The minimum Gasteiger partial charge on any atom is -0.352 e. The minimum absolute atomic E-state index is 0.0637. The lowest BCUT2D eigenvalue weighted by Gasteiger charge is -2.38. The maximum absolute atomic E-state index is 13.1. The first-order chi connectivity index (χ1) is 12.2. The second kappa shape index (κ2) is 8.68. The first kappa shape index (κ1) is 18.2. The van der Waals surface area contributed by atoms with E-state index in [0.717, 1.165) is 24.8 Å². The molecule has 136 valence electrons. The van der Waals surface area contributed by atoms with Gasteiger partial charge in [0.15, 0.2) is 0 Å². The Morgan fingerprint density at radius 2 is 1.72 bits per heavy atom. The van der Waals surface area contributed by atoms with Crippen LogP contribution in [-0.4, -0.2) is 54.3 Å². The van der Waals surface area contributed by atoms with Crippen molar-refractivity contribution in [3.8, 4) is 0 Å². The van der Waals surface area contributed by atoms with Gasteiger partial charge in [-0.25, -0.2) is 0 Å². The molecule has 1 heterocycles. The molecule has 0 spiro atoms. The molecular formula is C19H26ClN3O2. The van der Waals surface area contributed by atoms with Crippen molar-refractivity contribution in [2.75, 3.05) is 26.2 Å². The van der Waals surface area contributed by atoms with Crippen molar-refractivity contribution in [3.05, 3.63) is 34.9 Å². The Hall–Kier alpha value is -1.59. The molecule has 1 saturated carbocycles. The van der Waals surface area contributed by atoms with Gasteiger partial charge in [0.25, 0.3) is 0 Å². The average Bonchev–Trinajstić information content (AvgIpc) is 2.65. The maximum atomic E-state index is 13.1. The van der Waals surface area contributed by atoms with Crippen LogP contribution in [-0.2, 0) is 9.59 Å². The smallest absolute Gasteiger partial charge is 0.242 e. The zero-order valence-electron chi connectivity index (χ0n) is 14.5. The summed E-state index contributed by atoms with van der Waals surface area (Å²) in [6.07, 6.45) is 6.66. The topological polar surface area (TPSA) is 52.7 Å². The van der Waals surface area contributed by atoms with Crippen molar-refractivity contribution >= 4 is 23.9 Å². The monoisotopic (exact) mass is 363 g/mol. The molecule has 1 aromatic carbocycles. The molecule has 0 unspecified atom stereocenters. The van der Waals surface area contributed by atoms with Crippen molar-refractivity contribution < 1.29 is 9.59 Å². The summed E-state index contributed by atoms with van der Waals surface area (Å²) in [5.41, 5.74) is 0.956. The first-order valence-electron chi connectivity index (χ1n) is 9.16. The Balaban J connectivity index is 1.74. The molecule has 1 saturated heterocycles. The number of benzene rings is 1. The van der Waals surface area contributed by atoms with E-state index < -0.39 is 0 Å². The highest BCUT2D eigenvalue weighted by atomic mass is 35.5. The van der Waals surface area contributed by atoms with Gasteiger partial charge in [-0.3, -0.25) is 14.5 Å². The van der Waals surface area contributed by atoms with Crippen molar-refractivity contribution in [3.63, 3.8) is 0 Å². The van der Waals surface area contributed by atoms with Gasteiger partial charge in [-0.1, -0.05) is 43.0 Å². The molecule has 0 aromatic heterocycles. The summed E-state index contributed by atoms with van der Waals surface area (Å²) in [5, 5.41) is 3.93. The Morgan fingerprint density at radius 1 is 1.08 bits per heavy atom. The number of piperazine rings is 1. The van der Waals surface area contributed by atoms with Crippen LogP contribution < -0.4 is 5.32 Å². The van der Waals surface area contributed by atoms with Gasteiger partial charge in [0, 0.05) is 37.2 Å². The van der Waals surface area contributed by atoms with Gasteiger partial charge in [-0.2, -0.15) is 0 Å². The lowest BCUT2D eigenvalue weighted by molar-refractivity contribution is -0.129. The third-order valence-electron chi connectivity index (χ3n) is 5.25. The molecule has 1 aliphatic heterocycles. The predicted molar refractivity (Wildman–Crippen MR) is 98.4 cm³/mol. The van der Waals surface area contributed by atoms with E-state index in [1.807, 2.05) is 24.3 Å². The van der Waals surface area contributed by atoms with Crippen LogP contribution in [0, 0.1) is 0 Å². The Bertz CT molecular complexity index is 579. The van der Waals surface area contributed by atoms with Crippen LogP contribution in [0.15, 0.2) is 24.3 Å². The standard InChI is InChI=1S/C19H26ClN3O2/c20-16-8-6-15(7-9-16)18(23-12-10-22(14-24)11-13-23)19(25)21-17-4-2-1-3-5-17/h6-9,14,17-18H,1-5,10-13H2,(H,21,25)/t18-/m1/s1. The molecule has 5 nitrogen and oxygen atoms in total. The molecule has 0 radical (unpaired) electrons. The summed E-state index contributed by atoms with van der Waals surface area (Å²) >= 11 is 6.02. The Morgan fingerprint density at radius 3 is 2.32 bits per heavy atom. The fourth-order valence-corrected chi connectivity index (χ4v) is 3.93. The number of carbonyl (C=O) groups is 2. The highest BCUT2D eigenvalue weighted by molar-refractivity contribution is 6.30. The maximum Gasteiger partial charge on any atom is 0.242 e. The zero-order chi connectivity index (χ0) is 17.6. The summed E-state index contributed by atoms with van der Waals surface area (Å²) in [4.78, 5) is 28.0. The fourth-order valence-electron chi connectivity index (χ4n) is 3.80. The van der Waals surface area contributed by atoms with Crippen molar-refractivity contribution in [1.29, 1.82) is 0 Å². The third kappa shape index (κ3) is 4.73. The number of carbonyl (C=O) groups excluding carboxylic acids is 2. The number of halogens is 1. The number of rotatable bonds is 5. The second-order valence-corrected chi connectivity index (χ2v) is 7.41. The summed E-state index contributed by atoms with van der Waals surface area (Å²) in [5.74, 6) is 0.0637. The molecule has 2 aliphatic rings. The molecular weight excluding hydrogens is 338 g/mol. The van der Waals surface area contributed by atoms with E-state index >= 15 is 0 Å². The van der Waals surface area contributed by atoms with Gasteiger partial charge in [-0.15, -0.1) is 0 Å². The molecule has 25 heavy (non-hydrogen) atoms. The van der Waals surface area contributed by atoms with Crippen LogP contribution >= 0.6 is 11.6 Å². The van der Waals surface area contributed by atoms with Crippen LogP contribution in [0.25, 0.3) is 0 Å². The minimum atomic E-state index is -0.326. The van der Waals surface area contributed by atoms with Gasteiger partial charge in [0.2, 0.25) is 12.3 Å². The average molecular weight is 364 g/mol. The van der Waals surface area contributed by atoms with Gasteiger partial charge in [0.05, 0.1) is 0 Å². The van der Waals surface area contributed by atoms with E-state index in [4.69, 9.17) is 11.6 Å². The van der Waals surface area contributed by atoms with E-state index in [2.05, 4.69) is 10.2 Å². The van der Waals surface area contributed by atoms with Gasteiger partial charge >= 0.3 is 0 Å². The van der Waals surface area contributed by atoms with Crippen molar-refractivity contribution in [2.45, 2.75) is 44.2 Å². The molecule has 3 rings (SSSR count). The predicted octanol–water partition coefficient (Wildman–Crippen LogP) is 2.60. The molecule has 2 amide bonds. The van der Waals surface area contributed by atoms with Crippen LogP contribution in [0.4, 0.5) is 0 Å². The van der Waals surface area contributed by atoms with Crippen molar-refractivity contribution in [2.24, 2.45) is 0 Å². The van der Waals surface area contributed by atoms with E-state index in [1.54, 1.807) is 4.90 Å². The summed E-state index contributed by atoms with van der Waals surface area (Å²) < 4.78 is 0. The van der Waals surface area contributed by atoms with Crippen LogP contribution in [0.1, 0.15) is 43.7 Å². The van der Waals surface area contributed by atoms with Crippen LogP contribution in [0.5, 0.6) is 0 Å². The SMILES string of the molecule is O=CN1CCN([C@@H](C(=O)NC2CCCCC2)c2ccc(Cl)cc2)CC1. The molecule has 0 bridgehead atoms. The van der Waals surface area contributed by atoms with Crippen LogP contribution in [0.2, 0.25) is 5.02 Å². The fraction of sp³-hybridized carbons (Fsp3) is 0.579. The number of hydrogen-bond donors (Lipinski definition) is 1. The summed E-state index contributed by atoms with van der Waals surface area (Å²) in [6.45, 7) is 2.71. The number of nitrogens with one attached hydrogen (secondary N) is 1. The van der Waals surface area contributed by atoms with Gasteiger partial charge in [-0.05, 0) is 30.5 Å². The normalized spacial score (nSPS) is 20.9. The lowest BCUT2D eigenvalue weighted by Crippen LogP contribution is -2.51. The largest absolute Gasteiger partial charge is 0.352 e. The van der Waals surface area contributed by atoms with Gasteiger partial charge in [0.1, 0.15) is 6.04 Å². The molecule has 1 N–H and O–H groups in total. The Kier molecular flexibility index (Phi) is 6.32. The first-order valence-corrected chi connectivity index (χ1v) is 9.54. The number of amides is 2. The number of nitrogens with zero attached hydrogens (tertiary/aromatic N) is 2. The quantitative estimate of drug-likeness (QED) is 0.818. The highest BCUT2D eigenvalue weighted by Crippen LogP contribution is 2.25. The van der Waals surface area contributed by atoms with E-state index in [1.165, 1.54) is 19.3 Å². The third-order valence-corrected chi connectivity index (χ3v) is 5.50. The molecule has 2 fully saturated rings. The molecule has 6 heteroatoms. The second-order valence-electron chi connectivity index (χ2n) is 6.97. The molecule has 1 aromatic rings. The van der Waals surface area contributed by atoms with Crippen LogP contribution in [0.3, 0.4) is 0 Å². The van der Waals surface area contributed by atoms with E-state index in [9.17, 15) is 9.59 Å². The molecule has 1 atom stereocenters. The van der Waals surface area contributed by atoms with E-state index in [0.29, 0.717) is 31.2 Å². The Labute approximate surface area is 154 Å². The van der Waals surface area contributed by atoms with Crippen molar-refractivity contribution in [1.82, 2.24) is 15.1 Å².